The van der Waals surface area contributed by atoms with Gasteiger partial charge in [0.1, 0.15) is 12.4 Å². The van der Waals surface area contributed by atoms with Gasteiger partial charge in [0.15, 0.2) is 0 Å². The van der Waals surface area contributed by atoms with Crippen LogP contribution in [-0.4, -0.2) is 31.0 Å². The zero-order valence-electron chi connectivity index (χ0n) is 16.1. The summed E-state index contributed by atoms with van der Waals surface area (Å²) in [5.41, 5.74) is 1.62. The third-order valence-corrected chi connectivity index (χ3v) is 4.71. The number of carbonyl (C=O) groups is 2. The van der Waals surface area contributed by atoms with Crippen molar-refractivity contribution < 1.29 is 14.3 Å². The van der Waals surface area contributed by atoms with E-state index >= 15 is 0 Å². The molecule has 1 aliphatic rings. The molecule has 1 heterocycles. The minimum absolute atomic E-state index is 0.00650. The van der Waals surface area contributed by atoms with E-state index in [1.54, 1.807) is 18.2 Å². The van der Waals surface area contributed by atoms with Gasteiger partial charge in [-0.05, 0) is 37.5 Å². The molecule has 5 nitrogen and oxygen atoms in total. The smallest absolute Gasteiger partial charge is 0.255 e. The van der Waals surface area contributed by atoms with Crippen LogP contribution >= 0.6 is 0 Å². The zero-order valence-corrected chi connectivity index (χ0v) is 16.1. The Morgan fingerprint density at radius 2 is 1.75 bits per heavy atom. The molecule has 28 heavy (non-hydrogen) atoms. The number of hydrogen-bond donors (Lipinski definition) is 2. The number of fused-ring (bicyclic) bond motifs is 1. The Balaban J connectivity index is 1.76. The van der Waals surface area contributed by atoms with Gasteiger partial charge in [-0.2, -0.15) is 0 Å². The number of carbonyl (C=O) groups excluding carboxylic acids is 2. The highest BCUT2D eigenvalue weighted by atomic mass is 16.5. The van der Waals surface area contributed by atoms with E-state index in [1.807, 2.05) is 55.5 Å². The third-order valence-electron chi connectivity index (χ3n) is 4.71. The molecule has 2 aromatic carbocycles. The number of para-hydroxylation sites is 1. The van der Waals surface area contributed by atoms with E-state index in [9.17, 15) is 9.59 Å². The van der Waals surface area contributed by atoms with Crippen molar-refractivity contribution >= 4 is 11.8 Å². The van der Waals surface area contributed by atoms with Gasteiger partial charge in [0.05, 0.1) is 5.56 Å². The molecule has 0 aromatic heterocycles. The van der Waals surface area contributed by atoms with Crippen LogP contribution in [0.5, 0.6) is 5.75 Å². The van der Waals surface area contributed by atoms with Crippen molar-refractivity contribution in [1.82, 2.24) is 10.6 Å². The van der Waals surface area contributed by atoms with Gasteiger partial charge in [0.25, 0.3) is 5.91 Å². The first-order chi connectivity index (χ1) is 13.6. The molecule has 3 rings (SSSR count). The first kappa shape index (κ1) is 19.7. The number of ether oxygens (including phenoxy) is 1. The molecule has 1 aliphatic heterocycles. The molecular formula is C23H26N2O3. The average molecular weight is 378 g/mol. The Hall–Kier alpha value is -3.08. The van der Waals surface area contributed by atoms with Crippen LogP contribution in [0.15, 0.2) is 66.7 Å². The van der Waals surface area contributed by atoms with E-state index in [-0.39, 0.29) is 23.8 Å². The summed E-state index contributed by atoms with van der Waals surface area (Å²) in [4.78, 5) is 25.3. The second-order valence-corrected chi connectivity index (χ2v) is 7.02. The summed E-state index contributed by atoms with van der Waals surface area (Å²) in [7, 11) is 0. The van der Waals surface area contributed by atoms with Gasteiger partial charge in [-0.15, -0.1) is 0 Å². The summed E-state index contributed by atoms with van der Waals surface area (Å²) in [5.74, 6) is 0.169. The van der Waals surface area contributed by atoms with Crippen LogP contribution in [0.2, 0.25) is 0 Å². The van der Waals surface area contributed by atoms with Crippen LogP contribution in [0.25, 0.3) is 0 Å². The summed E-state index contributed by atoms with van der Waals surface area (Å²) in [6, 6.07) is 17.0. The first-order valence-corrected chi connectivity index (χ1v) is 9.63. The van der Waals surface area contributed by atoms with Crippen LogP contribution in [0.1, 0.15) is 29.3 Å². The standard InChI is InChI=1S/C23H26N2O3/c1-17-16-24-22(26)19(15-18-9-3-2-4-10-18)11-7-8-14-28-21-13-6-5-12-20(21)23(27)25-17/h2-10,12-13,17,19H,11,14-16H2,1H3,(H,24,26)(H,25,27)/b8-7-/t17-,19?/m0/s1. The van der Waals surface area contributed by atoms with E-state index in [0.717, 1.165) is 5.56 Å². The maximum absolute atomic E-state index is 12.7. The molecular weight excluding hydrogens is 352 g/mol. The molecule has 0 fully saturated rings. The van der Waals surface area contributed by atoms with Gasteiger partial charge in [-0.1, -0.05) is 54.6 Å². The Kier molecular flexibility index (Phi) is 6.84. The number of amides is 2. The summed E-state index contributed by atoms with van der Waals surface area (Å²) in [6.07, 6.45) is 5.17. The predicted molar refractivity (Wildman–Crippen MR) is 109 cm³/mol. The second-order valence-electron chi connectivity index (χ2n) is 7.02. The first-order valence-electron chi connectivity index (χ1n) is 9.63. The number of rotatable bonds is 2. The van der Waals surface area contributed by atoms with Crippen LogP contribution < -0.4 is 15.4 Å². The predicted octanol–water partition coefficient (Wildman–Crippen LogP) is 3.12. The molecule has 0 saturated carbocycles. The number of benzene rings is 2. The highest BCUT2D eigenvalue weighted by Gasteiger charge is 2.20. The molecule has 0 saturated heterocycles. The molecule has 0 spiro atoms. The molecule has 1 unspecified atom stereocenters. The Morgan fingerprint density at radius 3 is 2.57 bits per heavy atom. The molecule has 2 aromatic rings. The fraction of sp³-hybridized carbons (Fsp3) is 0.304. The molecule has 2 N–H and O–H groups in total. The molecule has 0 bridgehead atoms. The van der Waals surface area contributed by atoms with Crippen molar-refractivity contribution in [2.24, 2.45) is 5.92 Å². The van der Waals surface area contributed by atoms with Crippen molar-refractivity contribution in [1.29, 1.82) is 0 Å². The highest BCUT2D eigenvalue weighted by Crippen LogP contribution is 2.19. The molecule has 146 valence electrons. The molecule has 2 atom stereocenters. The van der Waals surface area contributed by atoms with Crippen LogP contribution in [0.3, 0.4) is 0 Å². The van der Waals surface area contributed by atoms with Crippen molar-refractivity contribution in [3.8, 4) is 5.75 Å². The minimum atomic E-state index is -0.209. The largest absolute Gasteiger partial charge is 0.489 e. The van der Waals surface area contributed by atoms with Gasteiger partial charge in [0, 0.05) is 18.5 Å². The molecule has 5 heteroatoms. The van der Waals surface area contributed by atoms with E-state index in [4.69, 9.17) is 4.74 Å². The fourth-order valence-corrected chi connectivity index (χ4v) is 3.18. The fourth-order valence-electron chi connectivity index (χ4n) is 3.18. The lowest BCUT2D eigenvalue weighted by atomic mass is 9.95. The summed E-state index contributed by atoms with van der Waals surface area (Å²) < 4.78 is 5.77. The lowest BCUT2D eigenvalue weighted by molar-refractivity contribution is -0.125. The quantitative estimate of drug-likeness (QED) is 0.789. The van der Waals surface area contributed by atoms with Crippen LogP contribution in [-0.2, 0) is 11.2 Å². The molecule has 0 aliphatic carbocycles. The molecule has 0 radical (unpaired) electrons. The van der Waals surface area contributed by atoms with Crippen molar-refractivity contribution in [2.75, 3.05) is 13.2 Å². The van der Waals surface area contributed by atoms with Gasteiger partial charge >= 0.3 is 0 Å². The van der Waals surface area contributed by atoms with Gasteiger partial charge in [-0.25, -0.2) is 0 Å². The van der Waals surface area contributed by atoms with E-state index in [0.29, 0.717) is 37.3 Å². The number of nitrogens with one attached hydrogen (secondary N) is 2. The number of hydrogen-bond acceptors (Lipinski definition) is 3. The normalized spacial score (nSPS) is 22.0. The van der Waals surface area contributed by atoms with E-state index < -0.39 is 0 Å². The lowest BCUT2D eigenvalue weighted by Crippen LogP contribution is -2.43. The highest BCUT2D eigenvalue weighted by molar-refractivity contribution is 5.97. The topological polar surface area (TPSA) is 67.4 Å². The van der Waals surface area contributed by atoms with Gasteiger partial charge in [0.2, 0.25) is 5.91 Å². The maximum atomic E-state index is 12.7. The van der Waals surface area contributed by atoms with Crippen LogP contribution in [0, 0.1) is 5.92 Å². The van der Waals surface area contributed by atoms with E-state index in [1.165, 1.54) is 0 Å². The minimum Gasteiger partial charge on any atom is -0.489 e. The summed E-state index contributed by atoms with van der Waals surface area (Å²) in [6.45, 7) is 2.60. The maximum Gasteiger partial charge on any atom is 0.255 e. The SMILES string of the molecule is C[C@H]1CNC(=O)C(Cc2ccccc2)C/C=C\COc2ccccc2C(=O)N1. The zero-order chi connectivity index (χ0) is 19.8. The Labute approximate surface area is 165 Å². The van der Waals surface area contributed by atoms with E-state index in [2.05, 4.69) is 10.6 Å². The summed E-state index contributed by atoms with van der Waals surface area (Å²) >= 11 is 0. The monoisotopic (exact) mass is 378 g/mol. The second kappa shape index (κ2) is 9.74. The van der Waals surface area contributed by atoms with Crippen molar-refractivity contribution in [2.45, 2.75) is 25.8 Å². The third kappa shape index (κ3) is 5.46. The Bertz CT molecular complexity index is 833. The average Bonchev–Trinajstić information content (AvgIpc) is 2.71. The Morgan fingerprint density at radius 1 is 1.00 bits per heavy atom. The number of allylic oxidation sites excluding steroid dienone is 1. The lowest BCUT2D eigenvalue weighted by Gasteiger charge is -2.20. The summed E-state index contributed by atoms with van der Waals surface area (Å²) in [5, 5.41) is 5.91. The van der Waals surface area contributed by atoms with Crippen LogP contribution in [0.4, 0.5) is 0 Å². The van der Waals surface area contributed by atoms with Gasteiger partial charge < -0.3 is 15.4 Å². The molecule has 2 amide bonds. The van der Waals surface area contributed by atoms with Crippen molar-refractivity contribution in [3.63, 3.8) is 0 Å². The van der Waals surface area contributed by atoms with Gasteiger partial charge in [-0.3, -0.25) is 9.59 Å². The van der Waals surface area contributed by atoms with Crippen molar-refractivity contribution in [3.05, 3.63) is 77.9 Å².